The molecule has 13 nitrogen and oxygen atoms in total. The van der Waals surface area contributed by atoms with Crippen LogP contribution < -0.4 is 0 Å². The van der Waals surface area contributed by atoms with E-state index in [0.29, 0.717) is 58.3 Å². The maximum absolute atomic E-state index is 13.0. The normalized spacial score (nSPS) is 13.3. The van der Waals surface area contributed by atoms with Gasteiger partial charge in [0, 0.05) is 19.3 Å². The monoisotopic (exact) mass is 1070 g/mol. The van der Waals surface area contributed by atoms with Gasteiger partial charge in [0.2, 0.25) is 0 Å². The smallest absolute Gasteiger partial charge is 0.308 e. The zero-order valence-corrected chi connectivity index (χ0v) is 49.1. The third kappa shape index (κ3) is 41.5. The average molecular weight is 1070 g/mol. The maximum Gasteiger partial charge on any atom is 0.308 e. The predicted molar refractivity (Wildman–Crippen MR) is 300 cm³/mol. The van der Waals surface area contributed by atoms with Gasteiger partial charge in [-0.15, -0.1) is 0 Å². The molecule has 1 N–H and O–H groups in total. The van der Waals surface area contributed by atoms with Gasteiger partial charge >= 0.3 is 35.8 Å². The number of carbonyl (C=O) groups is 6. The Balaban J connectivity index is 5.13. The van der Waals surface area contributed by atoms with Gasteiger partial charge in [-0.1, -0.05) is 196 Å². The Morgan fingerprint density at radius 3 is 0.800 bits per heavy atom. The van der Waals surface area contributed by atoms with Gasteiger partial charge in [0.15, 0.2) is 0 Å². The quantitative estimate of drug-likeness (QED) is 0.0346. The van der Waals surface area contributed by atoms with E-state index in [4.69, 9.17) is 28.4 Å². The minimum Gasteiger partial charge on any atom is -0.465 e. The summed E-state index contributed by atoms with van der Waals surface area (Å²) in [4.78, 5) is 77.3. The van der Waals surface area contributed by atoms with Gasteiger partial charge in [-0.2, -0.15) is 0 Å². The van der Waals surface area contributed by atoms with Crippen molar-refractivity contribution < 1.29 is 62.3 Å². The molecule has 0 aliphatic carbocycles. The van der Waals surface area contributed by atoms with Crippen LogP contribution in [0, 0.1) is 23.2 Å². The molecule has 0 aromatic carbocycles. The molecule has 0 rings (SSSR count). The number of ether oxygens (including phenoxy) is 6. The standard InChI is InChI=1S/C62H114O13/c1-7-13-19-28-40-53(37-16-10-4)59(67)70-46-34-25-22-31-43-56(64)73-50-62(49-63,51-74-57(65)44-32-23-26-35-47-71-60(68)54(38-17-11-5)41-29-20-14-8-2)52-75-58(66)45-33-24-27-36-48-72-61(69)55(39-18-12-6)42-30-21-15-9-3/h53-55,63H,7-52H2,1-6H3. The Bertz CT molecular complexity index is 1240. The largest absolute Gasteiger partial charge is 0.465 e. The lowest BCUT2D eigenvalue weighted by molar-refractivity contribution is -0.165. The van der Waals surface area contributed by atoms with Crippen LogP contribution in [0.3, 0.4) is 0 Å². The zero-order chi connectivity index (χ0) is 55.5. The molecule has 3 atom stereocenters. The van der Waals surface area contributed by atoms with E-state index >= 15 is 0 Å². The second kappa shape index (κ2) is 51.5. The van der Waals surface area contributed by atoms with Crippen molar-refractivity contribution in [2.45, 2.75) is 292 Å². The molecule has 0 fully saturated rings. The van der Waals surface area contributed by atoms with E-state index in [1.807, 2.05) is 0 Å². The van der Waals surface area contributed by atoms with E-state index in [2.05, 4.69) is 41.5 Å². The number of unbranched alkanes of at least 4 members (excludes halogenated alkanes) is 21. The molecule has 0 bridgehead atoms. The van der Waals surface area contributed by atoms with E-state index in [1.165, 1.54) is 19.3 Å². The van der Waals surface area contributed by atoms with Crippen LogP contribution in [0.15, 0.2) is 0 Å². The van der Waals surface area contributed by atoms with Crippen molar-refractivity contribution in [2.24, 2.45) is 23.2 Å². The Kier molecular flexibility index (Phi) is 49.3. The fraction of sp³-hybridized carbons (Fsp3) is 0.903. The van der Waals surface area contributed by atoms with Gasteiger partial charge in [-0.3, -0.25) is 28.8 Å². The molecule has 0 spiro atoms. The molecule has 0 radical (unpaired) electrons. The summed E-state index contributed by atoms with van der Waals surface area (Å²) in [5.41, 5.74) is -1.35. The van der Waals surface area contributed by atoms with Crippen LogP contribution in [-0.4, -0.2) is 87.2 Å². The first-order valence-corrected chi connectivity index (χ1v) is 31.0. The van der Waals surface area contributed by atoms with Gasteiger partial charge in [-0.05, 0) is 77.0 Å². The molecule has 0 saturated carbocycles. The van der Waals surface area contributed by atoms with E-state index in [-0.39, 0.29) is 74.7 Å². The van der Waals surface area contributed by atoms with Gasteiger partial charge in [-0.25, -0.2) is 0 Å². The molecule has 440 valence electrons. The van der Waals surface area contributed by atoms with Crippen molar-refractivity contribution in [3.8, 4) is 0 Å². The van der Waals surface area contributed by atoms with Crippen LogP contribution in [-0.2, 0) is 57.2 Å². The second-order valence-electron chi connectivity index (χ2n) is 21.7. The number of aliphatic hydroxyl groups is 1. The van der Waals surface area contributed by atoms with Crippen molar-refractivity contribution in [3.63, 3.8) is 0 Å². The lowest BCUT2D eigenvalue weighted by Crippen LogP contribution is -2.42. The van der Waals surface area contributed by atoms with Crippen molar-refractivity contribution in [3.05, 3.63) is 0 Å². The highest BCUT2D eigenvalue weighted by molar-refractivity contribution is 5.73. The Hall–Kier alpha value is -3.22. The average Bonchev–Trinajstić information content (AvgIpc) is 3.41. The van der Waals surface area contributed by atoms with E-state index < -0.39 is 29.9 Å². The highest BCUT2D eigenvalue weighted by atomic mass is 16.6. The zero-order valence-electron chi connectivity index (χ0n) is 49.1. The van der Waals surface area contributed by atoms with E-state index in [1.54, 1.807) is 0 Å². The third-order valence-corrected chi connectivity index (χ3v) is 14.4. The number of rotatable bonds is 55. The van der Waals surface area contributed by atoms with Crippen molar-refractivity contribution in [2.75, 3.05) is 46.2 Å². The minimum atomic E-state index is -1.35. The van der Waals surface area contributed by atoms with Crippen molar-refractivity contribution >= 4 is 35.8 Å². The summed E-state index contributed by atoms with van der Waals surface area (Å²) in [5.74, 6) is -1.80. The highest BCUT2D eigenvalue weighted by Gasteiger charge is 2.35. The molecular weight excluding hydrogens is 953 g/mol. The van der Waals surface area contributed by atoms with Crippen LogP contribution in [0.5, 0.6) is 0 Å². The van der Waals surface area contributed by atoms with Crippen molar-refractivity contribution in [1.82, 2.24) is 0 Å². The molecule has 0 amide bonds. The predicted octanol–water partition coefficient (Wildman–Crippen LogP) is 15.4. The van der Waals surface area contributed by atoms with Gasteiger partial charge in [0.05, 0.1) is 49.6 Å². The fourth-order valence-corrected chi connectivity index (χ4v) is 9.17. The SMILES string of the molecule is CCCCCCC(CCCC)C(=O)OCCCCCCC(=O)OCC(CO)(COC(=O)CCCCCCOC(=O)C(CCCC)CCCCCC)COC(=O)CCCCCCOC(=O)C(CCCC)CCCCCC. The molecule has 0 saturated heterocycles. The summed E-state index contributed by atoms with van der Waals surface area (Å²) in [6.07, 6.45) is 34.0. The fourth-order valence-electron chi connectivity index (χ4n) is 9.17. The van der Waals surface area contributed by atoms with Gasteiger partial charge < -0.3 is 33.5 Å². The number of carbonyl (C=O) groups excluding carboxylic acids is 6. The van der Waals surface area contributed by atoms with E-state index in [9.17, 15) is 33.9 Å². The summed E-state index contributed by atoms with van der Waals surface area (Å²) < 4.78 is 33.9. The molecule has 0 aromatic rings. The Labute approximate surface area is 457 Å². The third-order valence-electron chi connectivity index (χ3n) is 14.4. The van der Waals surface area contributed by atoms with Crippen LogP contribution in [0.4, 0.5) is 0 Å². The number of aliphatic hydroxyl groups excluding tert-OH is 1. The first-order chi connectivity index (χ1) is 36.5. The molecule has 75 heavy (non-hydrogen) atoms. The summed E-state index contributed by atoms with van der Waals surface area (Å²) in [6.45, 7) is 12.6. The minimum absolute atomic E-state index is 0.0354. The molecule has 13 heteroatoms. The molecule has 0 heterocycles. The Morgan fingerprint density at radius 1 is 0.307 bits per heavy atom. The molecular formula is C62H114O13. The van der Waals surface area contributed by atoms with Crippen LogP contribution in [0.25, 0.3) is 0 Å². The number of esters is 6. The number of hydrogen-bond donors (Lipinski definition) is 1. The summed E-state index contributed by atoms with van der Waals surface area (Å²) >= 11 is 0. The molecule has 0 aliphatic rings. The number of hydrogen-bond acceptors (Lipinski definition) is 13. The van der Waals surface area contributed by atoms with Gasteiger partial charge in [0.25, 0.3) is 0 Å². The lowest BCUT2D eigenvalue weighted by atomic mass is 9.92. The van der Waals surface area contributed by atoms with Crippen molar-refractivity contribution in [1.29, 1.82) is 0 Å². The van der Waals surface area contributed by atoms with Gasteiger partial charge in [0.1, 0.15) is 19.8 Å². The molecule has 0 aromatic heterocycles. The van der Waals surface area contributed by atoms with E-state index in [0.717, 1.165) is 173 Å². The molecule has 0 aliphatic heterocycles. The first kappa shape index (κ1) is 71.8. The highest BCUT2D eigenvalue weighted by Crippen LogP contribution is 2.24. The first-order valence-electron chi connectivity index (χ1n) is 31.0. The van der Waals surface area contributed by atoms with Crippen LogP contribution in [0.2, 0.25) is 0 Å². The molecule has 3 unspecified atom stereocenters. The van der Waals surface area contributed by atoms with Crippen LogP contribution >= 0.6 is 0 Å². The Morgan fingerprint density at radius 2 is 0.547 bits per heavy atom. The lowest BCUT2D eigenvalue weighted by Gasteiger charge is -2.30. The second-order valence-corrected chi connectivity index (χ2v) is 21.7. The summed E-state index contributed by atoms with van der Waals surface area (Å²) in [7, 11) is 0. The summed E-state index contributed by atoms with van der Waals surface area (Å²) in [6, 6.07) is 0. The van der Waals surface area contributed by atoms with Crippen LogP contribution in [0.1, 0.15) is 292 Å². The topological polar surface area (TPSA) is 178 Å². The summed E-state index contributed by atoms with van der Waals surface area (Å²) in [5, 5.41) is 10.7. The maximum atomic E-state index is 13.0.